The Hall–Kier alpha value is -5.28. The molecule has 48 heavy (non-hydrogen) atoms. The van der Waals surface area contributed by atoms with Gasteiger partial charge in [0.1, 0.15) is 6.61 Å². The van der Waals surface area contributed by atoms with Gasteiger partial charge in [0.15, 0.2) is 23.1 Å². The lowest BCUT2D eigenvalue weighted by atomic mass is 10.0. The normalized spacial score (nSPS) is 16.3. The fraction of sp³-hybridized carbons (Fsp3) is 0.303. The predicted molar refractivity (Wildman–Crippen MR) is 176 cm³/mol. The Morgan fingerprint density at radius 2 is 1.75 bits per heavy atom. The highest BCUT2D eigenvalue weighted by Crippen LogP contribution is 2.29. The summed E-state index contributed by atoms with van der Waals surface area (Å²) in [4.78, 5) is 46.4. The summed E-state index contributed by atoms with van der Waals surface area (Å²) in [6, 6.07) is 18.7. The third-order valence-corrected chi connectivity index (χ3v) is 8.63. The zero-order chi connectivity index (χ0) is 34.4. The van der Waals surface area contributed by atoms with Crippen LogP contribution in [0, 0.1) is 5.92 Å². The fourth-order valence-electron chi connectivity index (χ4n) is 5.18. The van der Waals surface area contributed by atoms with Crippen LogP contribution in [0.3, 0.4) is 0 Å². The second-order valence-electron chi connectivity index (χ2n) is 11.4. The highest BCUT2D eigenvalue weighted by Gasteiger charge is 2.28. The zero-order valence-electron chi connectivity index (χ0n) is 26.8. The van der Waals surface area contributed by atoms with Gasteiger partial charge in [-0.3, -0.25) is 14.4 Å². The number of nitrogens with zero attached hydrogens (tertiary/aromatic N) is 4. The van der Waals surface area contributed by atoms with Gasteiger partial charge in [-0.2, -0.15) is 5.10 Å². The van der Waals surface area contributed by atoms with Crippen molar-refractivity contribution in [2.24, 2.45) is 11.1 Å². The van der Waals surface area contributed by atoms with Gasteiger partial charge in [-0.25, -0.2) is 23.2 Å². The van der Waals surface area contributed by atoms with Crippen LogP contribution in [-0.4, -0.2) is 79.2 Å². The molecule has 2 heterocycles. The number of aromatic nitrogens is 3. The van der Waals surface area contributed by atoms with E-state index >= 15 is 0 Å². The summed E-state index contributed by atoms with van der Waals surface area (Å²) < 4.78 is 36.7. The molecule has 5 rings (SSSR count). The van der Waals surface area contributed by atoms with Gasteiger partial charge in [-0.1, -0.05) is 44.2 Å². The average Bonchev–Trinajstić information content (AvgIpc) is 3.49. The molecule has 1 atom stereocenters. The van der Waals surface area contributed by atoms with Crippen molar-refractivity contribution in [3.05, 3.63) is 89.7 Å². The van der Waals surface area contributed by atoms with E-state index in [1.165, 1.54) is 36.3 Å². The van der Waals surface area contributed by atoms with Crippen LogP contribution in [0.25, 0.3) is 11.4 Å². The Balaban J connectivity index is 1.52. The number of amides is 3. The van der Waals surface area contributed by atoms with Crippen molar-refractivity contribution < 1.29 is 32.3 Å². The minimum atomic E-state index is -3.97. The standard InChI is InChI=1S/C33H37N7O7S/c1-21(2)29-31-37-30(22-7-5-4-6-8-22)38-40(31)17-18-47-27-19-24(11-14-26(27)46-3)32(42)35-15-16-39(20-28(41)36-29)33(43)23-9-12-25(13-10-23)48(34,44)45/h4-14,19,21,29H,15-18,20H2,1-3H3,(H,35,42)(H,36,41)(H2,34,44,45)/t29-/m1/s1. The molecule has 3 amide bonds. The number of hydrogen-bond donors (Lipinski definition) is 3. The van der Waals surface area contributed by atoms with Crippen LogP contribution in [-0.2, 0) is 21.4 Å². The van der Waals surface area contributed by atoms with Crippen molar-refractivity contribution in [2.45, 2.75) is 31.3 Å². The first-order valence-electron chi connectivity index (χ1n) is 15.2. The van der Waals surface area contributed by atoms with Crippen molar-refractivity contribution in [2.75, 3.05) is 33.4 Å². The summed E-state index contributed by atoms with van der Waals surface area (Å²) in [6.45, 7) is 3.90. The summed E-state index contributed by atoms with van der Waals surface area (Å²) in [5, 5.41) is 15.8. The van der Waals surface area contributed by atoms with Crippen molar-refractivity contribution in [3.8, 4) is 22.9 Å². The number of rotatable bonds is 5. The van der Waals surface area contributed by atoms with E-state index in [2.05, 4.69) is 10.6 Å². The summed E-state index contributed by atoms with van der Waals surface area (Å²) in [5.74, 6) is 0.187. The molecule has 0 aliphatic carbocycles. The second-order valence-corrected chi connectivity index (χ2v) is 13.0. The van der Waals surface area contributed by atoms with E-state index in [-0.39, 0.29) is 49.2 Å². The molecule has 0 saturated carbocycles. The predicted octanol–water partition coefficient (Wildman–Crippen LogP) is 2.38. The number of benzene rings is 3. The summed E-state index contributed by atoms with van der Waals surface area (Å²) in [5.41, 5.74) is 1.23. The quantitative estimate of drug-likeness (QED) is 0.285. The third kappa shape index (κ3) is 7.98. The Morgan fingerprint density at radius 1 is 1.02 bits per heavy atom. The summed E-state index contributed by atoms with van der Waals surface area (Å²) in [7, 11) is -2.47. The van der Waals surface area contributed by atoms with E-state index in [9.17, 15) is 22.8 Å². The van der Waals surface area contributed by atoms with Gasteiger partial charge in [0.25, 0.3) is 11.8 Å². The number of carbonyl (C=O) groups excluding carboxylic acids is 3. The molecule has 3 aromatic carbocycles. The third-order valence-electron chi connectivity index (χ3n) is 7.70. The Morgan fingerprint density at radius 3 is 2.42 bits per heavy atom. The number of primary sulfonamides is 1. The molecule has 4 N–H and O–H groups in total. The molecule has 1 aliphatic rings. The molecular formula is C33H37N7O7S. The molecule has 2 bridgehead atoms. The van der Waals surface area contributed by atoms with Crippen LogP contribution < -0.4 is 25.2 Å². The van der Waals surface area contributed by atoms with Gasteiger partial charge in [0, 0.05) is 29.8 Å². The lowest BCUT2D eigenvalue weighted by Gasteiger charge is -2.26. The van der Waals surface area contributed by atoms with E-state index in [1.54, 1.807) is 22.9 Å². The topological polar surface area (TPSA) is 188 Å². The number of carbonyl (C=O) groups is 3. The van der Waals surface area contributed by atoms with Crippen LogP contribution in [0.5, 0.6) is 11.5 Å². The van der Waals surface area contributed by atoms with Crippen LogP contribution in [0.15, 0.2) is 77.7 Å². The van der Waals surface area contributed by atoms with E-state index in [0.717, 1.165) is 5.56 Å². The number of sulfonamides is 1. The number of nitrogens with two attached hydrogens (primary N) is 1. The molecule has 14 nitrogen and oxygen atoms in total. The maximum atomic E-state index is 13.7. The van der Waals surface area contributed by atoms with Crippen LogP contribution >= 0.6 is 0 Å². The SMILES string of the molecule is COc1ccc2cc1OCCn1nc(-c3ccccc3)nc1[C@@H](C(C)C)NC(=O)CN(C(=O)c1ccc(S(N)(=O)=O)cc1)CCNC2=O. The molecule has 0 radical (unpaired) electrons. The van der Waals surface area contributed by atoms with Gasteiger partial charge in [-0.15, -0.1) is 0 Å². The molecule has 1 aliphatic heterocycles. The Bertz CT molecular complexity index is 1900. The number of fused-ring (bicyclic) bond motifs is 3. The number of methoxy groups -OCH3 is 1. The van der Waals surface area contributed by atoms with E-state index in [1.807, 2.05) is 44.2 Å². The highest BCUT2D eigenvalue weighted by atomic mass is 32.2. The molecule has 0 saturated heterocycles. The lowest BCUT2D eigenvalue weighted by molar-refractivity contribution is -0.123. The maximum Gasteiger partial charge on any atom is 0.254 e. The van der Waals surface area contributed by atoms with Crippen molar-refractivity contribution in [1.29, 1.82) is 0 Å². The monoisotopic (exact) mass is 675 g/mol. The first-order chi connectivity index (χ1) is 22.9. The first-order valence-corrected chi connectivity index (χ1v) is 16.8. The lowest BCUT2D eigenvalue weighted by Crippen LogP contribution is -2.46. The number of ether oxygens (including phenoxy) is 2. The zero-order valence-corrected chi connectivity index (χ0v) is 27.6. The molecule has 1 aromatic heterocycles. The molecule has 0 fully saturated rings. The Kier molecular flexibility index (Phi) is 10.4. The second kappa shape index (κ2) is 14.6. The fourth-order valence-corrected chi connectivity index (χ4v) is 5.70. The van der Waals surface area contributed by atoms with E-state index in [4.69, 9.17) is 24.7 Å². The maximum absolute atomic E-state index is 13.7. The van der Waals surface area contributed by atoms with Crippen molar-refractivity contribution in [1.82, 2.24) is 30.3 Å². The van der Waals surface area contributed by atoms with Gasteiger partial charge < -0.3 is 25.0 Å². The van der Waals surface area contributed by atoms with Crippen molar-refractivity contribution >= 4 is 27.7 Å². The molecule has 4 aromatic rings. The minimum Gasteiger partial charge on any atom is -0.493 e. The number of hydrogen-bond acceptors (Lipinski definition) is 9. The van der Waals surface area contributed by atoms with Crippen LogP contribution in [0.4, 0.5) is 0 Å². The molecule has 252 valence electrons. The molecule has 0 unspecified atom stereocenters. The average molecular weight is 676 g/mol. The first kappa shape index (κ1) is 34.1. The van der Waals surface area contributed by atoms with Gasteiger partial charge >= 0.3 is 0 Å². The largest absolute Gasteiger partial charge is 0.493 e. The van der Waals surface area contributed by atoms with Crippen molar-refractivity contribution in [3.63, 3.8) is 0 Å². The summed E-state index contributed by atoms with van der Waals surface area (Å²) >= 11 is 0. The van der Waals surface area contributed by atoms with Gasteiger partial charge in [-0.05, 0) is 48.4 Å². The molecular weight excluding hydrogens is 638 g/mol. The summed E-state index contributed by atoms with van der Waals surface area (Å²) in [6.07, 6.45) is 0. The van der Waals surface area contributed by atoms with Gasteiger partial charge in [0.05, 0.1) is 31.1 Å². The molecule has 15 heteroatoms. The number of nitrogens with one attached hydrogen (secondary N) is 2. The van der Waals surface area contributed by atoms with Gasteiger partial charge in [0.2, 0.25) is 15.9 Å². The van der Waals surface area contributed by atoms with Crippen LogP contribution in [0.1, 0.15) is 46.4 Å². The Labute approximate surface area is 278 Å². The van der Waals surface area contributed by atoms with E-state index in [0.29, 0.717) is 28.7 Å². The van der Waals surface area contributed by atoms with Crippen LogP contribution in [0.2, 0.25) is 0 Å². The van der Waals surface area contributed by atoms with E-state index < -0.39 is 33.8 Å². The minimum absolute atomic E-state index is 0.0116. The highest BCUT2D eigenvalue weighted by molar-refractivity contribution is 7.89. The molecule has 0 spiro atoms. The smallest absolute Gasteiger partial charge is 0.254 e.